The number of hydrogen-bond donors (Lipinski definition) is 1. The van der Waals surface area contributed by atoms with Crippen LogP contribution in [0, 0.1) is 0 Å². The van der Waals surface area contributed by atoms with Gasteiger partial charge >= 0.3 is 0 Å². The maximum absolute atomic E-state index is 11.9. The second-order valence-electron chi connectivity index (χ2n) is 3.51. The molecule has 0 amide bonds. The van der Waals surface area contributed by atoms with Crippen LogP contribution < -0.4 is 5.73 Å². The van der Waals surface area contributed by atoms with Crippen LogP contribution in [0.25, 0.3) is 4.72 Å². The van der Waals surface area contributed by atoms with Crippen molar-refractivity contribution in [3.05, 3.63) is 53.0 Å². The van der Waals surface area contributed by atoms with E-state index in [1.54, 1.807) is 18.2 Å². The SMILES string of the molecule is [NH3+]Cc1ccc(S(=O)(=O)[N-]c2ncccn2)cc1. The molecule has 0 saturated carbocycles. The molecular formula is C11H12N4O2S. The average Bonchev–Trinajstić information content (AvgIpc) is 2.39. The Labute approximate surface area is 105 Å². The summed E-state index contributed by atoms with van der Waals surface area (Å²) in [5.41, 5.74) is 4.69. The first kappa shape index (κ1) is 12.5. The molecule has 0 unspecified atom stereocenters. The van der Waals surface area contributed by atoms with E-state index in [1.807, 2.05) is 0 Å². The molecule has 94 valence electrons. The van der Waals surface area contributed by atoms with E-state index in [1.165, 1.54) is 24.5 Å². The van der Waals surface area contributed by atoms with Gasteiger partial charge in [0, 0.05) is 11.5 Å². The van der Waals surface area contributed by atoms with Crippen LogP contribution in [0.3, 0.4) is 0 Å². The molecule has 0 bridgehead atoms. The van der Waals surface area contributed by atoms with Crippen molar-refractivity contribution in [2.45, 2.75) is 11.4 Å². The highest BCUT2D eigenvalue weighted by Gasteiger charge is 2.11. The molecule has 0 aliphatic carbocycles. The standard InChI is InChI=1S/C11H11N4O2S/c12-8-9-2-4-10(5-3-9)18(16,17)15-11-13-6-1-7-14-11/h1-7H,8,12H2/q-1/p+1. The summed E-state index contributed by atoms with van der Waals surface area (Å²) in [6, 6.07) is 8.02. The number of sulfonamides is 1. The van der Waals surface area contributed by atoms with Gasteiger partial charge in [-0.1, -0.05) is 18.2 Å². The zero-order valence-electron chi connectivity index (χ0n) is 9.52. The summed E-state index contributed by atoms with van der Waals surface area (Å²) in [7, 11) is -3.76. The van der Waals surface area contributed by atoms with Gasteiger partial charge in [-0.05, 0) is 24.5 Å². The third-order valence-corrected chi connectivity index (χ3v) is 3.54. The summed E-state index contributed by atoms with van der Waals surface area (Å²) in [6.07, 6.45) is 2.88. The Morgan fingerprint density at radius 2 is 1.72 bits per heavy atom. The summed E-state index contributed by atoms with van der Waals surface area (Å²) >= 11 is 0. The molecule has 18 heavy (non-hydrogen) atoms. The lowest BCUT2D eigenvalue weighted by molar-refractivity contribution is -0.386. The van der Waals surface area contributed by atoms with E-state index in [2.05, 4.69) is 20.4 Å². The van der Waals surface area contributed by atoms with Crippen molar-refractivity contribution >= 4 is 16.0 Å². The van der Waals surface area contributed by atoms with Gasteiger partial charge in [0.15, 0.2) is 0 Å². The zero-order chi connectivity index (χ0) is 13.0. The van der Waals surface area contributed by atoms with E-state index in [4.69, 9.17) is 0 Å². The van der Waals surface area contributed by atoms with E-state index in [0.29, 0.717) is 6.54 Å². The summed E-state index contributed by atoms with van der Waals surface area (Å²) < 4.78 is 27.4. The van der Waals surface area contributed by atoms with Crippen LogP contribution in [-0.4, -0.2) is 18.4 Å². The van der Waals surface area contributed by atoms with E-state index >= 15 is 0 Å². The molecule has 0 fully saturated rings. The minimum absolute atomic E-state index is 0.0706. The molecule has 1 aromatic heterocycles. The van der Waals surface area contributed by atoms with Gasteiger partial charge in [0.2, 0.25) is 10.0 Å². The van der Waals surface area contributed by atoms with Crippen LogP contribution in [0.5, 0.6) is 0 Å². The summed E-state index contributed by atoms with van der Waals surface area (Å²) in [6.45, 7) is 0.610. The molecule has 0 spiro atoms. The molecule has 1 heterocycles. The second kappa shape index (κ2) is 5.11. The van der Waals surface area contributed by atoms with Gasteiger partial charge in [0.25, 0.3) is 0 Å². The molecule has 3 N–H and O–H groups in total. The number of hydrogen-bond acceptors (Lipinski definition) is 4. The Hall–Kier alpha value is -1.99. The van der Waals surface area contributed by atoms with Crippen molar-refractivity contribution in [3.63, 3.8) is 0 Å². The lowest BCUT2D eigenvalue weighted by atomic mass is 10.2. The minimum Gasteiger partial charge on any atom is -0.366 e. The highest BCUT2D eigenvalue weighted by molar-refractivity contribution is 7.94. The fourth-order valence-electron chi connectivity index (χ4n) is 1.33. The van der Waals surface area contributed by atoms with Crippen LogP contribution in [0.4, 0.5) is 5.95 Å². The van der Waals surface area contributed by atoms with Crippen molar-refractivity contribution in [3.8, 4) is 0 Å². The van der Waals surface area contributed by atoms with E-state index in [0.717, 1.165) is 5.56 Å². The normalized spacial score (nSPS) is 11.2. The number of aromatic nitrogens is 2. The maximum Gasteiger partial charge on any atom is 0.229 e. The summed E-state index contributed by atoms with van der Waals surface area (Å²) in [5, 5.41) is 0. The first-order valence-corrected chi connectivity index (χ1v) is 6.69. The molecule has 0 atom stereocenters. The highest BCUT2D eigenvalue weighted by atomic mass is 32.2. The van der Waals surface area contributed by atoms with Crippen LogP contribution in [-0.2, 0) is 16.6 Å². The molecule has 7 heteroatoms. The van der Waals surface area contributed by atoms with Crippen molar-refractivity contribution in [1.82, 2.24) is 9.97 Å². The predicted octanol–water partition coefficient (Wildman–Crippen LogP) is 0.613. The Morgan fingerprint density at radius 3 is 2.28 bits per heavy atom. The monoisotopic (exact) mass is 264 g/mol. The second-order valence-corrected chi connectivity index (χ2v) is 5.11. The predicted molar refractivity (Wildman–Crippen MR) is 65.3 cm³/mol. The molecule has 0 radical (unpaired) electrons. The maximum atomic E-state index is 11.9. The Kier molecular flexibility index (Phi) is 3.54. The van der Waals surface area contributed by atoms with Crippen molar-refractivity contribution in [2.75, 3.05) is 0 Å². The van der Waals surface area contributed by atoms with Gasteiger partial charge in [-0.25, -0.2) is 8.42 Å². The van der Waals surface area contributed by atoms with Crippen molar-refractivity contribution < 1.29 is 14.2 Å². The smallest absolute Gasteiger partial charge is 0.229 e. The van der Waals surface area contributed by atoms with Crippen LogP contribution in [0.15, 0.2) is 47.6 Å². The number of benzene rings is 1. The first-order valence-electron chi connectivity index (χ1n) is 5.25. The average molecular weight is 264 g/mol. The molecule has 0 aliphatic heterocycles. The Morgan fingerprint density at radius 1 is 1.11 bits per heavy atom. The lowest BCUT2D eigenvalue weighted by Gasteiger charge is -2.12. The van der Waals surface area contributed by atoms with Gasteiger partial charge < -0.3 is 15.7 Å². The molecule has 2 aromatic rings. The van der Waals surface area contributed by atoms with Gasteiger partial charge in [0.05, 0.1) is 11.4 Å². The largest absolute Gasteiger partial charge is 0.366 e. The van der Waals surface area contributed by atoms with Crippen LogP contribution >= 0.6 is 0 Å². The topological polar surface area (TPSA) is 102 Å². The fourth-order valence-corrected chi connectivity index (χ4v) is 2.22. The van der Waals surface area contributed by atoms with Gasteiger partial charge in [0.1, 0.15) is 0 Å². The fraction of sp³-hybridized carbons (Fsp3) is 0.0909. The van der Waals surface area contributed by atoms with Crippen LogP contribution in [0.1, 0.15) is 5.56 Å². The van der Waals surface area contributed by atoms with Crippen molar-refractivity contribution in [2.24, 2.45) is 0 Å². The van der Waals surface area contributed by atoms with Crippen LogP contribution in [0.2, 0.25) is 0 Å². The number of rotatable bonds is 4. The molecule has 2 rings (SSSR count). The number of nitrogens with zero attached hydrogens (tertiary/aromatic N) is 3. The molecular weight excluding hydrogens is 252 g/mol. The summed E-state index contributed by atoms with van der Waals surface area (Å²) in [5.74, 6) is -0.0706. The lowest BCUT2D eigenvalue weighted by Crippen LogP contribution is -2.47. The van der Waals surface area contributed by atoms with Crippen molar-refractivity contribution in [1.29, 1.82) is 0 Å². The molecule has 6 nitrogen and oxygen atoms in total. The van der Waals surface area contributed by atoms with Gasteiger partial charge in [-0.3, -0.25) is 4.72 Å². The van der Waals surface area contributed by atoms with Gasteiger partial charge in [-0.2, -0.15) is 0 Å². The summed E-state index contributed by atoms with van der Waals surface area (Å²) in [4.78, 5) is 7.63. The molecule has 0 aliphatic rings. The third-order valence-electron chi connectivity index (χ3n) is 2.26. The van der Waals surface area contributed by atoms with Gasteiger partial charge in [-0.15, -0.1) is 0 Å². The zero-order valence-corrected chi connectivity index (χ0v) is 10.3. The molecule has 1 aromatic carbocycles. The minimum atomic E-state index is -3.76. The Bertz CT molecular complexity index is 611. The first-order chi connectivity index (χ1) is 8.62. The molecule has 0 saturated heterocycles. The number of quaternary nitrogens is 1. The van der Waals surface area contributed by atoms with E-state index in [9.17, 15) is 8.42 Å². The highest BCUT2D eigenvalue weighted by Crippen LogP contribution is 2.23. The Balaban J connectivity index is 2.25. The third kappa shape index (κ3) is 2.82. The quantitative estimate of drug-likeness (QED) is 0.874. The van der Waals surface area contributed by atoms with E-state index in [-0.39, 0.29) is 10.8 Å². The van der Waals surface area contributed by atoms with E-state index < -0.39 is 10.0 Å².